The standard InChI is InChI=1S/C14H18N2O5/c1-6-3-8-9(4-7(6)2)16(14(20)15-8)13-12(19)11(18)10(5-17)21-13/h3-4,10-13,17-19H,5H2,1-2H3,(H,15,20)/t10-,11+,12-,13-/m0/s1. The summed E-state index contributed by atoms with van der Waals surface area (Å²) in [6.07, 6.45) is -4.45. The van der Waals surface area contributed by atoms with E-state index in [0.717, 1.165) is 11.1 Å². The highest BCUT2D eigenvalue weighted by atomic mass is 16.6. The molecule has 0 radical (unpaired) electrons. The van der Waals surface area contributed by atoms with E-state index < -0.39 is 36.8 Å². The molecule has 0 amide bonds. The lowest BCUT2D eigenvalue weighted by atomic mass is 10.1. The zero-order valence-electron chi connectivity index (χ0n) is 11.8. The molecule has 7 heteroatoms. The first kappa shape index (κ1) is 14.3. The number of aliphatic hydroxyl groups excluding tert-OH is 3. The number of imidazole rings is 1. The maximum atomic E-state index is 12.2. The Morgan fingerprint density at radius 2 is 1.90 bits per heavy atom. The smallest absolute Gasteiger partial charge is 0.328 e. The van der Waals surface area contributed by atoms with Gasteiger partial charge in [0, 0.05) is 0 Å². The van der Waals surface area contributed by atoms with Gasteiger partial charge in [0.25, 0.3) is 0 Å². The van der Waals surface area contributed by atoms with E-state index in [-0.39, 0.29) is 0 Å². The predicted molar refractivity (Wildman–Crippen MR) is 75.0 cm³/mol. The molecule has 1 aliphatic heterocycles. The van der Waals surface area contributed by atoms with Gasteiger partial charge in [0.15, 0.2) is 6.23 Å². The second-order valence-corrected chi connectivity index (χ2v) is 5.48. The molecule has 0 saturated carbocycles. The van der Waals surface area contributed by atoms with Crippen LogP contribution < -0.4 is 5.69 Å². The van der Waals surface area contributed by atoms with Crippen molar-refractivity contribution in [2.24, 2.45) is 0 Å². The number of aliphatic hydroxyl groups is 3. The first-order valence-corrected chi connectivity index (χ1v) is 6.78. The highest BCUT2D eigenvalue weighted by molar-refractivity contribution is 5.77. The van der Waals surface area contributed by atoms with E-state index in [1.54, 1.807) is 0 Å². The van der Waals surface area contributed by atoms with E-state index in [0.29, 0.717) is 11.0 Å². The topological polar surface area (TPSA) is 108 Å². The third-order valence-corrected chi connectivity index (χ3v) is 4.10. The summed E-state index contributed by atoms with van der Waals surface area (Å²) >= 11 is 0. The van der Waals surface area contributed by atoms with Crippen LogP contribution in [0.25, 0.3) is 11.0 Å². The molecule has 7 nitrogen and oxygen atoms in total. The number of benzene rings is 1. The van der Waals surface area contributed by atoms with E-state index in [2.05, 4.69) is 4.98 Å². The van der Waals surface area contributed by atoms with E-state index >= 15 is 0 Å². The molecule has 1 aromatic heterocycles. The highest BCUT2D eigenvalue weighted by Gasteiger charge is 2.44. The Morgan fingerprint density at radius 3 is 2.52 bits per heavy atom. The van der Waals surface area contributed by atoms with Gasteiger partial charge >= 0.3 is 5.69 Å². The van der Waals surface area contributed by atoms with E-state index in [4.69, 9.17) is 9.84 Å². The molecular weight excluding hydrogens is 276 g/mol. The lowest BCUT2D eigenvalue weighted by Gasteiger charge is -2.16. The molecule has 2 heterocycles. The van der Waals surface area contributed by atoms with Crippen LogP contribution in [0.1, 0.15) is 17.4 Å². The van der Waals surface area contributed by atoms with Crippen LogP contribution in [0.2, 0.25) is 0 Å². The molecule has 1 fully saturated rings. The number of hydrogen-bond donors (Lipinski definition) is 4. The van der Waals surface area contributed by atoms with E-state index in [1.165, 1.54) is 4.57 Å². The number of aryl methyl sites for hydroxylation is 2. The molecule has 1 aromatic carbocycles. The highest BCUT2D eigenvalue weighted by Crippen LogP contribution is 2.31. The first-order valence-electron chi connectivity index (χ1n) is 6.78. The average Bonchev–Trinajstić information content (AvgIpc) is 2.89. The zero-order valence-corrected chi connectivity index (χ0v) is 11.8. The van der Waals surface area contributed by atoms with E-state index in [9.17, 15) is 15.0 Å². The largest absolute Gasteiger partial charge is 0.394 e. The van der Waals surface area contributed by atoms with Crippen LogP contribution in [-0.4, -0.2) is 49.8 Å². The Labute approximate surface area is 120 Å². The lowest BCUT2D eigenvalue weighted by Crippen LogP contribution is -2.34. The normalized spacial score (nSPS) is 29.4. The number of rotatable bonds is 2. The van der Waals surface area contributed by atoms with Gasteiger partial charge in [-0.1, -0.05) is 0 Å². The van der Waals surface area contributed by atoms with Crippen molar-refractivity contribution >= 4 is 11.0 Å². The van der Waals surface area contributed by atoms with E-state index in [1.807, 2.05) is 26.0 Å². The molecule has 114 valence electrons. The van der Waals surface area contributed by atoms with Crippen LogP contribution in [-0.2, 0) is 4.74 Å². The van der Waals surface area contributed by atoms with Gasteiger partial charge in [-0.25, -0.2) is 4.79 Å². The summed E-state index contributed by atoms with van der Waals surface area (Å²) < 4.78 is 6.71. The van der Waals surface area contributed by atoms with Gasteiger partial charge in [-0.2, -0.15) is 0 Å². The maximum absolute atomic E-state index is 12.2. The van der Waals surface area contributed by atoms with Crippen molar-refractivity contribution in [1.29, 1.82) is 0 Å². The van der Waals surface area contributed by atoms with Crippen molar-refractivity contribution < 1.29 is 20.1 Å². The van der Waals surface area contributed by atoms with Crippen LogP contribution in [0.15, 0.2) is 16.9 Å². The van der Waals surface area contributed by atoms with Crippen molar-refractivity contribution in [2.75, 3.05) is 6.61 Å². The van der Waals surface area contributed by atoms with Crippen LogP contribution in [0.5, 0.6) is 0 Å². The predicted octanol–water partition coefficient (Wildman–Crippen LogP) is -0.442. The summed E-state index contributed by atoms with van der Waals surface area (Å²) in [6, 6.07) is 3.68. The van der Waals surface area contributed by atoms with Gasteiger partial charge in [-0.05, 0) is 37.1 Å². The van der Waals surface area contributed by atoms with Gasteiger partial charge in [0.1, 0.15) is 18.3 Å². The van der Waals surface area contributed by atoms with Gasteiger partial charge in [-0.15, -0.1) is 0 Å². The van der Waals surface area contributed by atoms with Gasteiger partial charge in [0.05, 0.1) is 17.6 Å². The minimum absolute atomic E-state index is 0.426. The third kappa shape index (κ3) is 2.09. The molecule has 3 rings (SSSR count). The Bertz CT molecular complexity index is 735. The van der Waals surface area contributed by atoms with Gasteiger partial charge in [-0.3, -0.25) is 4.57 Å². The van der Waals surface area contributed by atoms with Gasteiger partial charge < -0.3 is 25.0 Å². The number of aromatic nitrogens is 2. The number of aromatic amines is 1. The molecule has 2 aromatic rings. The summed E-state index contributed by atoms with van der Waals surface area (Å²) in [4.78, 5) is 14.9. The Morgan fingerprint density at radius 1 is 1.24 bits per heavy atom. The monoisotopic (exact) mass is 294 g/mol. The van der Waals surface area contributed by atoms with Crippen molar-refractivity contribution in [1.82, 2.24) is 9.55 Å². The third-order valence-electron chi connectivity index (χ3n) is 4.10. The molecule has 1 saturated heterocycles. The minimum Gasteiger partial charge on any atom is -0.394 e. The van der Waals surface area contributed by atoms with Crippen LogP contribution in [0, 0.1) is 13.8 Å². The average molecular weight is 294 g/mol. The van der Waals surface area contributed by atoms with Crippen molar-refractivity contribution in [3.8, 4) is 0 Å². The quantitative estimate of drug-likeness (QED) is 0.600. The first-order chi connectivity index (χ1) is 9.93. The summed E-state index contributed by atoms with van der Waals surface area (Å²) in [7, 11) is 0. The Kier molecular flexibility index (Phi) is 3.37. The summed E-state index contributed by atoms with van der Waals surface area (Å²) in [6.45, 7) is 3.44. The number of nitrogens with one attached hydrogen (secondary N) is 1. The minimum atomic E-state index is -1.28. The number of H-pyrrole nitrogens is 1. The molecule has 4 N–H and O–H groups in total. The maximum Gasteiger partial charge on any atom is 0.328 e. The molecule has 0 unspecified atom stereocenters. The SMILES string of the molecule is Cc1cc2[nH]c(=O)n([C@H]3O[C@@H](CO)[C@@H](O)[C@@H]3O)c2cc1C. The molecule has 0 aliphatic carbocycles. The number of hydrogen-bond acceptors (Lipinski definition) is 5. The Hall–Kier alpha value is -1.67. The molecule has 0 bridgehead atoms. The lowest BCUT2D eigenvalue weighted by molar-refractivity contribution is -0.0522. The fourth-order valence-electron chi connectivity index (χ4n) is 2.73. The van der Waals surface area contributed by atoms with Crippen LogP contribution in [0.4, 0.5) is 0 Å². The second-order valence-electron chi connectivity index (χ2n) is 5.48. The van der Waals surface area contributed by atoms with Crippen LogP contribution in [0.3, 0.4) is 0 Å². The molecule has 4 atom stereocenters. The molecular formula is C14H18N2O5. The van der Waals surface area contributed by atoms with Crippen molar-refractivity contribution in [3.05, 3.63) is 33.7 Å². The molecule has 21 heavy (non-hydrogen) atoms. The van der Waals surface area contributed by atoms with Crippen molar-refractivity contribution in [2.45, 2.75) is 38.4 Å². The van der Waals surface area contributed by atoms with Crippen LogP contribution >= 0.6 is 0 Å². The number of nitrogens with zero attached hydrogens (tertiary/aromatic N) is 1. The molecule has 0 spiro atoms. The number of ether oxygens (including phenoxy) is 1. The summed E-state index contributed by atoms with van der Waals surface area (Å²) in [5, 5.41) is 29.0. The number of fused-ring (bicyclic) bond motifs is 1. The Balaban J connectivity index is 2.15. The van der Waals surface area contributed by atoms with Crippen molar-refractivity contribution in [3.63, 3.8) is 0 Å². The van der Waals surface area contributed by atoms with Gasteiger partial charge in [0.2, 0.25) is 0 Å². The summed E-state index contributed by atoms with van der Waals surface area (Å²) in [5.41, 5.74) is 2.85. The molecule has 1 aliphatic rings. The zero-order chi connectivity index (χ0) is 15.3. The fraction of sp³-hybridized carbons (Fsp3) is 0.500. The fourth-order valence-corrected chi connectivity index (χ4v) is 2.73. The summed E-state index contributed by atoms with van der Waals surface area (Å²) in [5.74, 6) is 0. The second kappa shape index (κ2) is 4.96.